The van der Waals surface area contributed by atoms with Gasteiger partial charge < -0.3 is 0 Å². The molecule has 0 unspecified atom stereocenters. The Bertz CT molecular complexity index is 605. The zero-order valence-corrected chi connectivity index (χ0v) is 23.6. The van der Waals surface area contributed by atoms with E-state index in [1.807, 2.05) is 0 Å². The molecule has 5 aliphatic carbocycles. The Balaban J connectivity index is 1.03. The molecule has 0 aromatic rings. The zero-order chi connectivity index (χ0) is 24.3. The first-order valence-corrected chi connectivity index (χ1v) is 16.6. The summed E-state index contributed by atoms with van der Waals surface area (Å²) >= 11 is 0. The Morgan fingerprint density at radius 3 is 1.20 bits per heavy atom. The van der Waals surface area contributed by atoms with E-state index in [1.165, 1.54) is 148 Å². The second-order valence-corrected chi connectivity index (χ2v) is 14.6. The van der Waals surface area contributed by atoms with E-state index in [-0.39, 0.29) is 10.8 Å². The molecule has 0 atom stereocenters. The Labute approximate surface area is 218 Å². The quantitative estimate of drug-likeness (QED) is 0.336. The molecule has 0 bridgehead atoms. The van der Waals surface area contributed by atoms with Gasteiger partial charge in [-0.2, -0.15) is 0 Å². The molecule has 0 amide bonds. The van der Waals surface area contributed by atoms with E-state index in [4.69, 9.17) is 0 Å². The molecule has 0 radical (unpaired) electrons. The van der Waals surface area contributed by atoms with Crippen LogP contribution in [0.3, 0.4) is 0 Å². The molecule has 5 fully saturated rings. The first-order chi connectivity index (χ1) is 17.1. The van der Waals surface area contributed by atoms with Crippen molar-refractivity contribution in [2.45, 2.75) is 162 Å². The van der Waals surface area contributed by atoms with Crippen molar-refractivity contribution in [3.8, 4) is 0 Å². The second kappa shape index (κ2) is 11.6. The molecule has 2 spiro atoms. The minimum absolute atomic E-state index is 0.138. The first kappa shape index (κ1) is 26.3. The maximum absolute atomic E-state index is 13.8. The van der Waals surface area contributed by atoms with Gasteiger partial charge in [0.15, 0.2) is 0 Å². The van der Waals surface area contributed by atoms with Crippen molar-refractivity contribution < 1.29 is 4.79 Å². The molecule has 0 aliphatic heterocycles. The fraction of sp³-hybridized carbons (Fsp3) is 0.971. The number of hydrogen-bond donors (Lipinski definition) is 0. The van der Waals surface area contributed by atoms with Crippen molar-refractivity contribution in [2.24, 2.45) is 46.3 Å². The third-order valence-corrected chi connectivity index (χ3v) is 12.7. The summed E-state index contributed by atoms with van der Waals surface area (Å²) in [5.41, 5.74) is 0.276. The topological polar surface area (TPSA) is 17.1 Å². The van der Waals surface area contributed by atoms with Gasteiger partial charge in [0.2, 0.25) is 0 Å². The molecule has 5 aliphatic rings. The summed E-state index contributed by atoms with van der Waals surface area (Å²) in [6.45, 7) is 4.67. The van der Waals surface area contributed by atoms with E-state index in [9.17, 15) is 4.79 Å². The zero-order valence-electron chi connectivity index (χ0n) is 23.6. The molecule has 0 N–H and O–H groups in total. The van der Waals surface area contributed by atoms with E-state index in [2.05, 4.69) is 13.8 Å². The Kier molecular flexibility index (Phi) is 8.71. The van der Waals surface area contributed by atoms with Gasteiger partial charge in [-0.15, -0.1) is 0 Å². The van der Waals surface area contributed by atoms with Gasteiger partial charge in [0, 0.05) is 10.8 Å². The van der Waals surface area contributed by atoms with E-state index >= 15 is 0 Å². The van der Waals surface area contributed by atoms with E-state index in [1.54, 1.807) is 0 Å². The Hall–Kier alpha value is -0.330. The van der Waals surface area contributed by atoms with Crippen LogP contribution in [0.15, 0.2) is 0 Å². The predicted octanol–water partition coefficient (Wildman–Crippen LogP) is 10.3. The van der Waals surface area contributed by atoms with Crippen LogP contribution in [0, 0.1) is 46.3 Å². The van der Waals surface area contributed by atoms with Crippen LogP contribution in [0.4, 0.5) is 0 Å². The van der Waals surface area contributed by atoms with Crippen molar-refractivity contribution in [3.05, 3.63) is 0 Å². The fourth-order valence-corrected chi connectivity index (χ4v) is 10.3. The largest absolute Gasteiger partial charge is 0.298 e. The minimum atomic E-state index is 0.138. The maximum Gasteiger partial charge on any atom is 0.145 e. The van der Waals surface area contributed by atoms with Crippen LogP contribution in [0.2, 0.25) is 0 Å². The highest BCUT2D eigenvalue weighted by Gasteiger charge is 2.63. The van der Waals surface area contributed by atoms with Crippen molar-refractivity contribution >= 4 is 5.78 Å². The molecule has 1 nitrogen and oxygen atoms in total. The average molecular weight is 483 g/mol. The molecule has 35 heavy (non-hydrogen) atoms. The molecule has 0 aromatic carbocycles. The normalized spacial score (nSPS) is 44.5. The van der Waals surface area contributed by atoms with Crippen LogP contribution in [0.1, 0.15) is 162 Å². The summed E-state index contributed by atoms with van der Waals surface area (Å²) in [5.74, 6) is 6.68. The summed E-state index contributed by atoms with van der Waals surface area (Å²) in [4.78, 5) is 13.8. The van der Waals surface area contributed by atoms with Gasteiger partial charge in [0.1, 0.15) is 5.78 Å². The van der Waals surface area contributed by atoms with Crippen LogP contribution in [-0.4, -0.2) is 5.78 Å². The molecule has 0 heterocycles. The summed E-state index contributed by atoms with van der Waals surface area (Å²) < 4.78 is 0. The second-order valence-electron chi connectivity index (χ2n) is 14.6. The lowest BCUT2D eigenvalue weighted by atomic mass is 9.42. The molecular weight excluding hydrogens is 424 g/mol. The van der Waals surface area contributed by atoms with E-state index < -0.39 is 0 Å². The number of rotatable bonds is 8. The number of hydrogen-bond acceptors (Lipinski definition) is 1. The Morgan fingerprint density at radius 1 is 0.543 bits per heavy atom. The predicted molar refractivity (Wildman–Crippen MR) is 148 cm³/mol. The van der Waals surface area contributed by atoms with Crippen LogP contribution >= 0.6 is 0 Å². The highest BCUT2D eigenvalue weighted by atomic mass is 16.1. The third kappa shape index (κ3) is 5.60. The van der Waals surface area contributed by atoms with Gasteiger partial charge in [0.25, 0.3) is 0 Å². The molecule has 200 valence electrons. The standard InChI is InChI=1S/C34H58O/c1-3-5-7-26-9-13-28(14-10-26)30-17-21-33(22-18-30)25-34(32(33)35)23-19-31(20-24-34)29-15-11-27(12-16-29)8-6-4-2/h26-31H,3-25H2,1-2H3. The van der Waals surface area contributed by atoms with Crippen molar-refractivity contribution in [1.29, 1.82) is 0 Å². The summed E-state index contributed by atoms with van der Waals surface area (Å²) in [6, 6.07) is 0. The minimum Gasteiger partial charge on any atom is -0.298 e. The number of carbonyl (C=O) groups is 1. The molecular formula is C34H58O. The monoisotopic (exact) mass is 482 g/mol. The highest BCUT2D eigenvalue weighted by Crippen LogP contribution is 2.65. The van der Waals surface area contributed by atoms with Gasteiger partial charge in [-0.25, -0.2) is 0 Å². The van der Waals surface area contributed by atoms with Gasteiger partial charge in [-0.05, 0) is 119 Å². The van der Waals surface area contributed by atoms with E-state index in [0.717, 1.165) is 41.3 Å². The van der Waals surface area contributed by atoms with Crippen molar-refractivity contribution in [1.82, 2.24) is 0 Å². The number of carbonyl (C=O) groups excluding carboxylic acids is 1. The average Bonchev–Trinajstić information content (AvgIpc) is 2.92. The lowest BCUT2D eigenvalue weighted by Gasteiger charge is -2.60. The van der Waals surface area contributed by atoms with Gasteiger partial charge in [0.05, 0.1) is 0 Å². The first-order valence-electron chi connectivity index (χ1n) is 16.6. The van der Waals surface area contributed by atoms with Gasteiger partial charge in [-0.1, -0.05) is 78.1 Å². The van der Waals surface area contributed by atoms with Gasteiger partial charge in [-0.3, -0.25) is 4.79 Å². The number of ketones is 1. The SMILES string of the molecule is CCCCC1CCC(C2CCC3(CC2)CC2(CCC(C4CCC(CCCC)CC4)CC2)C3=O)CC1. The lowest BCUT2D eigenvalue weighted by Crippen LogP contribution is -2.60. The van der Waals surface area contributed by atoms with Crippen LogP contribution in [0.5, 0.6) is 0 Å². The van der Waals surface area contributed by atoms with E-state index in [0.29, 0.717) is 0 Å². The third-order valence-electron chi connectivity index (χ3n) is 12.7. The van der Waals surface area contributed by atoms with Crippen LogP contribution in [-0.2, 0) is 4.79 Å². The summed E-state index contributed by atoms with van der Waals surface area (Å²) in [6.07, 6.45) is 32.3. The summed E-state index contributed by atoms with van der Waals surface area (Å²) in [5, 5.41) is 0. The van der Waals surface area contributed by atoms with Crippen molar-refractivity contribution in [3.63, 3.8) is 0 Å². The number of Topliss-reactive ketones (excluding diaryl/α,β-unsaturated/α-hetero) is 1. The molecule has 0 saturated heterocycles. The molecule has 1 heteroatoms. The van der Waals surface area contributed by atoms with Gasteiger partial charge >= 0.3 is 0 Å². The number of unbranched alkanes of at least 4 members (excludes halogenated alkanes) is 2. The fourth-order valence-electron chi connectivity index (χ4n) is 10.3. The summed E-state index contributed by atoms with van der Waals surface area (Å²) in [7, 11) is 0. The Morgan fingerprint density at radius 2 is 0.886 bits per heavy atom. The smallest absolute Gasteiger partial charge is 0.145 e. The highest BCUT2D eigenvalue weighted by molar-refractivity contribution is 5.96. The molecule has 5 saturated carbocycles. The molecule has 0 aromatic heterocycles. The van der Waals surface area contributed by atoms with Crippen molar-refractivity contribution in [2.75, 3.05) is 0 Å². The van der Waals surface area contributed by atoms with Crippen LogP contribution < -0.4 is 0 Å². The lowest BCUT2D eigenvalue weighted by molar-refractivity contribution is -0.170. The molecule has 5 rings (SSSR count). The van der Waals surface area contributed by atoms with Crippen LogP contribution in [0.25, 0.3) is 0 Å². The maximum atomic E-state index is 13.8.